The molecular weight excluding hydrogens is 244 g/mol. The number of benzene rings is 1. The molecule has 1 aromatic heterocycles. The van der Waals surface area contributed by atoms with Crippen LogP contribution in [0.5, 0.6) is 11.5 Å². The molecule has 19 heavy (non-hydrogen) atoms. The zero-order valence-corrected chi connectivity index (χ0v) is 11.1. The molecule has 5 heteroatoms. The van der Waals surface area contributed by atoms with Crippen molar-refractivity contribution in [3.05, 3.63) is 40.3 Å². The second kappa shape index (κ2) is 4.42. The minimum Gasteiger partial charge on any atom is -0.504 e. The van der Waals surface area contributed by atoms with Crippen LogP contribution in [0.15, 0.2) is 29.1 Å². The highest BCUT2D eigenvalue weighted by Gasteiger charge is 2.17. The number of aromatic amines is 1. The molecule has 2 rings (SSSR count). The summed E-state index contributed by atoms with van der Waals surface area (Å²) in [6.45, 7) is 5.90. The molecular formula is C14H16N2O3. The topological polar surface area (TPSA) is 86.2 Å². The lowest BCUT2D eigenvalue weighted by Crippen LogP contribution is -2.19. The summed E-state index contributed by atoms with van der Waals surface area (Å²) >= 11 is 0. The van der Waals surface area contributed by atoms with Gasteiger partial charge in [-0.3, -0.25) is 4.79 Å². The summed E-state index contributed by atoms with van der Waals surface area (Å²) in [4.78, 5) is 18.7. The van der Waals surface area contributed by atoms with Gasteiger partial charge in [0, 0.05) is 17.0 Å². The zero-order chi connectivity index (χ0) is 14.2. The summed E-state index contributed by atoms with van der Waals surface area (Å²) in [5.74, 6) is -0.0906. The average molecular weight is 260 g/mol. The quantitative estimate of drug-likeness (QED) is 0.686. The SMILES string of the molecule is CC(C)(C)c1cc(=O)[nH]c(-c2ccc(O)c(O)c2)n1. The van der Waals surface area contributed by atoms with Crippen molar-refractivity contribution < 1.29 is 10.2 Å². The summed E-state index contributed by atoms with van der Waals surface area (Å²) in [6, 6.07) is 5.76. The average Bonchev–Trinajstić information content (AvgIpc) is 2.31. The largest absolute Gasteiger partial charge is 0.504 e. The van der Waals surface area contributed by atoms with Crippen LogP contribution in [0.25, 0.3) is 11.4 Å². The molecule has 0 unspecified atom stereocenters. The standard InChI is InChI=1S/C14H16N2O3/c1-14(2,3)11-7-12(19)16-13(15-11)8-4-5-9(17)10(18)6-8/h4-7,17-18H,1-3H3,(H,15,16,19). The molecule has 0 amide bonds. The van der Waals surface area contributed by atoms with E-state index in [9.17, 15) is 15.0 Å². The lowest BCUT2D eigenvalue weighted by Gasteiger charge is -2.17. The van der Waals surface area contributed by atoms with E-state index in [0.29, 0.717) is 17.1 Å². The fraction of sp³-hybridized carbons (Fsp3) is 0.286. The smallest absolute Gasteiger partial charge is 0.251 e. The van der Waals surface area contributed by atoms with Crippen LogP contribution in [0.4, 0.5) is 0 Å². The van der Waals surface area contributed by atoms with Crippen LogP contribution in [-0.4, -0.2) is 20.2 Å². The summed E-state index contributed by atoms with van der Waals surface area (Å²) in [7, 11) is 0. The van der Waals surface area contributed by atoms with E-state index in [0.717, 1.165) is 0 Å². The third kappa shape index (κ3) is 2.76. The van der Waals surface area contributed by atoms with E-state index in [-0.39, 0.29) is 22.5 Å². The first-order valence-corrected chi connectivity index (χ1v) is 5.91. The normalized spacial score (nSPS) is 11.5. The van der Waals surface area contributed by atoms with Crippen LogP contribution < -0.4 is 5.56 Å². The number of H-pyrrole nitrogens is 1. The number of hydrogen-bond donors (Lipinski definition) is 3. The van der Waals surface area contributed by atoms with E-state index < -0.39 is 0 Å². The van der Waals surface area contributed by atoms with Crippen LogP contribution in [-0.2, 0) is 5.41 Å². The Balaban J connectivity index is 2.59. The van der Waals surface area contributed by atoms with Gasteiger partial charge in [-0.2, -0.15) is 0 Å². The van der Waals surface area contributed by atoms with Gasteiger partial charge in [-0.05, 0) is 18.2 Å². The number of phenolic OH excluding ortho intramolecular Hbond substituents is 2. The fourth-order valence-electron chi connectivity index (χ4n) is 1.65. The van der Waals surface area contributed by atoms with Crippen molar-refractivity contribution in [1.29, 1.82) is 0 Å². The van der Waals surface area contributed by atoms with Crippen molar-refractivity contribution in [3.8, 4) is 22.9 Å². The van der Waals surface area contributed by atoms with Gasteiger partial charge in [0.05, 0.1) is 5.69 Å². The Morgan fingerprint density at radius 2 is 1.79 bits per heavy atom. The molecule has 0 radical (unpaired) electrons. The molecule has 0 aliphatic carbocycles. The second-order valence-corrected chi connectivity index (χ2v) is 5.43. The van der Waals surface area contributed by atoms with Gasteiger partial charge < -0.3 is 15.2 Å². The van der Waals surface area contributed by atoms with Gasteiger partial charge in [0.25, 0.3) is 5.56 Å². The Kier molecular flexibility index (Phi) is 3.06. The van der Waals surface area contributed by atoms with Crippen LogP contribution in [0.2, 0.25) is 0 Å². The Hall–Kier alpha value is -2.30. The fourth-order valence-corrected chi connectivity index (χ4v) is 1.65. The number of phenols is 2. The van der Waals surface area contributed by atoms with E-state index in [1.54, 1.807) is 6.07 Å². The molecule has 0 aliphatic rings. The number of nitrogens with one attached hydrogen (secondary N) is 1. The van der Waals surface area contributed by atoms with Crippen LogP contribution >= 0.6 is 0 Å². The maximum Gasteiger partial charge on any atom is 0.251 e. The van der Waals surface area contributed by atoms with Crippen molar-refractivity contribution in [2.24, 2.45) is 0 Å². The predicted molar refractivity (Wildman–Crippen MR) is 72.3 cm³/mol. The molecule has 0 saturated carbocycles. The monoisotopic (exact) mass is 260 g/mol. The first-order valence-electron chi connectivity index (χ1n) is 5.91. The van der Waals surface area contributed by atoms with Gasteiger partial charge in [0.2, 0.25) is 0 Å². The van der Waals surface area contributed by atoms with Gasteiger partial charge in [-0.25, -0.2) is 4.98 Å². The van der Waals surface area contributed by atoms with Crippen molar-refractivity contribution in [3.63, 3.8) is 0 Å². The molecule has 2 aromatic rings. The first-order chi connectivity index (χ1) is 8.77. The molecule has 3 N–H and O–H groups in total. The van der Waals surface area contributed by atoms with E-state index in [4.69, 9.17) is 0 Å². The lowest BCUT2D eigenvalue weighted by atomic mass is 9.92. The minimum absolute atomic E-state index is 0.210. The van der Waals surface area contributed by atoms with Gasteiger partial charge in [-0.15, -0.1) is 0 Å². The highest BCUT2D eigenvalue weighted by molar-refractivity contribution is 5.60. The molecule has 100 valence electrons. The van der Waals surface area contributed by atoms with Crippen LogP contribution in [0, 0.1) is 0 Å². The van der Waals surface area contributed by atoms with Gasteiger partial charge in [0.15, 0.2) is 11.5 Å². The minimum atomic E-state index is -0.249. The zero-order valence-electron chi connectivity index (χ0n) is 11.1. The maximum atomic E-state index is 11.7. The lowest BCUT2D eigenvalue weighted by molar-refractivity contribution is 0.404. The number of aromatic hydroxyl groups is 2. The Bertz CT molecular complexity index is 669. The van der Waals surface area contributed by atoms with Gasteiger partial charge in [-0.1, -0.05) is 20.8 Å². The van der Waals surface area contributed by atoms with Crippen molar-refractivity contribution in [2.75, 3.05) is 0 Å². The van der Waals surface area contributed by atoms with Crippen molar-refractivity contribution in [2.45, 2.75) is 26.2 Å². The summed E-state index contributed by atoms with van der Waals surface area (Å²) in [6.07, 6.45) is 0. The number of aromatic nitrogens is 2. The molecule has 0 spiro atoms. The Labute approximate surface area is 110 Å². The van der Waals surface area contributed by atoms with E-state index >= 15 is 0 Å². The Morgan fingerprint density at radius 3 is 2.37 bits per heavy atom. The second-order valence-electron chi connectivity index (χ2n) is 5.43. The molecule has 0 bridgehead atoms. The molecule has 0 aliphatic heterocycles. The van der Waals surface area contributed by atoms with Crippen molar-refractivity contribution in [1.82, 2.24) is 9.97 Å². The summed E-state index contributed by atoms with van der Waals surface area (Å²) in [5, 5.41) is 18.8. The third-order valence-corrected chi connectivity index (χ3v) is 2.76. The van der Waals surface area contributed by atoms with Gasteiger partial charge >= 0.3 is 0 Å². The molecule has 0 atom stereocenters. The molecule has 5 nitrogen and oxygen atoms in total. The first kappa shape index (κ1) is 13.1. The summed E-state index contributed by atoms with van der Waals surface area (Å²) < 4.78 is 0. The van der Waals surface area contributed by atoms with E-state index in [2.05, 4.69) is 9.97 Å². The molecule has 1 aromatic carbocycles. The number of hydrogen-bond acceptors (Lipinski definition) is 4. The van der Waals surface area contributed by atoms with E-state index in [1.165, 1.54) is 18.2 Å². The molecule has 0 saturated heterocycles. The van der Waals surface area contributed by atoms with Crippen molar-refractivity contribution >= 4 is 0 Å². The van der Waals surface area contributed by atoms with Crippen LogP contribution in [0.1, 0.15) is 26.5 Å². The highest BCUT2D eigenvalue weighted by Crippen LogP contribution is 2.29. The van der Waals surface area contributed by atoms with E-state index in [1.807, 2.05) is 20.8 Å². The summed E-state index contributed by atoms with van der Waals surface area (Å²) in [5.41, 5.74) is 0.710. The number of nitrogens with zero attached hydrogens (tertiary/aromatic N) is 1. The maximum absolute atomic E-state index is 11.7. The highest BCUT2D eigenvalue weighted by atomic mass is 16.3. The number of rotatable bonds is 1. The van der Waals surface area contributed by atoms with Gasteiger partial charge in [0.1, 0.15) is 5.82 Å². The predicted octanol–water partition coefficient (Wildman–Crippen LogP) is 2.15. The van der Waals surface area contributed by atoms with Crippen LogP contribution in [0.3, 0.4) is 0 Å². The Morgan fingerprint density at radius 1 is 1.11 bits per heavy atom. The molecule has 1 heterocycles. The third-order valence-electron chi connectivity index (χ3n) is 2.76. The molecule has 0 fully saturated rings.